The van der Waals surface area contributed by atoms with Crippen molar-refractivity contribution in [2.24, 2.45) is 0 Å². The molecule has 0 saturated carbocycles. The maximum atomic E-state index is 13.1. The Morgan fingerprint density at radius 3 is 2.15 bits per heavy atom. The summed E-state index contributed by atoms with van der Waals surface area (Å²) in [7, 11) is 0. The van der Waals surface area contributed by atoms with Crippen molar-refractivity contribution in [3.05, 3.63) is 35.9 Å². The number of alkyl halides is 3. The molecule has 0 bridgehead atoms. The molecule has 1 rings (SSSR count). The number of carbonyl (C=O) groups is 1. The fourth-order valence-electron chi connectivity index (χ4n) is 2.58. The van der Waals surface area contributed by atoms with Gasteiger partial charge in [0.15, 0.2) is 0 Å². The number of hydrogen-bond acceptors (Lipinski definition) is 3. The van der Waals surface area contributed by atoms with Crippen LogP contribution in [-0.2, 0) is 14.3 Å². The van der Waals surface area contributed by atoms with E-state index in [0.717, 1.165) is 32.1 Å². The van der Waals surface area contributed by atoms with E-state index >= 15 is 0 Å². The second-order valence-corrected chi connectivity index (χ2v) is 6.40. The van der Waals surface area contributed by atoms with Crippen molar-refractivity contribution in [3.8, 4) is 0 Å². The van der Waals surface area contributed by atoms with Crippen LogP contribution in [0.1, 0.15) is 70.5 Å². The quantitative estimate of drug-likeness (QED) is 0.333. The highest BCUT2D eigenvalue weighted by atomic mass is 19.4. The van der Waals surface area contributed by atoms with E-state index in [1.165, 1.54) is 13.3 Å². The van der Waals surface area contributed by atoms with Crippen molar-refractivity contribution < 1.29 is 27.4 Å². The minimum absolute atomic E-state index is 0.104. The number of hydrogen-bond donors (Lipinski definition) is 0. The summed E-state index contributed by atoms with van der Waals surface area (Å²) in [6.45, 7) is 3.56. The van der Waals surface area contributed by atoms with E-state index in [1.807, 2.05) is 0 Å². The summed E-state index contributed by atoms with van der Waals surface area (Å²) in [5, 5.41) is 0. The van der Waals surface area contributed by atoms with Gasteiger partial charge in [0.05, 0.1) is 0 Å². The summed E-state index contributed by atoms with van der Waals surface area (Å²) in [6.07, 6.45) is -1.27. The Bertz CT molecular complexity index is 503. The van der Waals surface area contributed by atoms with Gasteiger partial charge in [-0.1, -0.05) is 75.8 Å². The zero-order valence-corrected chi connectivity index (χ0v) is 15.6. The van der Waals surface area contributed by atoms with Crippen LogP contribution < -0.4 is 0 Å². The lowest BCUT2D eigenvalue weighted by Gasteiger charge is -2.22. The summed E-state index contributed by atoms with van der Waals surface area (Å²) >= 11 is 0. The van der Waals surface area contributed by atoms with E-state index in [4.69, 9.17) is 9.47 Å². The third-order valence-corrected chi connectivity index (χ3v) is 4.11. The molecule has 2 atom stereocenters. The Balaban J connectivity index is 2.42. The molecule has 0 saturated heterocycles. The van der Waals surface area contributed by atoms with E-state index in [9.17, 15) is 18.0 Å². The van der Waals surface area contributed by atoms with Gasteiger partial charge in [0.25, 0.3) is 6.10 Å². The van der Waals surface area contributed by atoms with E-state index < -0.39 is 24.4 Å². The lowest BCUT2D eigenvalue weighted by atomic mass is 10.1. The highest BCUT2D eigenvalue weighted by Crippen LogP contribution is 2.27. The molecule has 26 heavy (non-hydrogen) atoms. The van der Waals surface area contributed by atoms with Crippen LogP contribution in [0.15, 0.2) is 30.3 Å². The van der Waals surface area contributed by atoms with Crippen LogP contribution in [-0.4, -0.2) is 24.9 Å². The van der Waals surface area contributed by atoms with Crippen LogP contribution in [0, 0.1) is 0 Å². The molecule has 0 radical (unpaired) electrons. The first-order valence-electron chi connectivity index (χ1n) is 9.30. The van der Waals surface area contributed by atoms with Crippen LogP contribution in [0.3, 0.4) is 0 Å². The van der Waals surface area contributed by atoms with E-state index in [0.29, 0.717) is 12.0 Å². The molecule has 6 heteroatoms. The van der Waals surface area contributed by atoms with Gasteiger partial charge >= 0.3 is 12.1 Å². The average Bonchev–Trinajstić information content (AvgIpc) is 2.59. The van der Waals surface area contributed by atoms with Gasteiger partial charge in [-0.3, -0.25) is 0 Å². The first kappa shape index (κ1) is 22.5. The van der Waals surface area contributed by atoms with E-state index in [2.05, 4.69) is 6.92 Å². The Morgan fingerprint density at radius 1 is 1.00 bits per heavy atom. The molecule has 0 aromatic heterocycles. The standard InChI is InChI=1S/C20H29F3O3/c1-3-4-5-6-7-8-12-15-25-18(20(21,22)23)19(24)26-16(2)17-13-10-9-11-14-17/h9-11,13-14,16,18H,3-8,12,15H2,1-2H3. The van der Waals surface area contributed by atoms with E-state index in [1.54, 1.807) is 30.3 Å². The smallest absolute Gasteiger partial charge is 0.425 e. The van der Waals surface area contributed by atoms with Crippen molar-refractivity contribution in [2.45, 2.75) is 77.2 Å². The Morgan fingerprint density at radius 2 is 1.58 bits per heavy atom. The van der Waals surface area contributed by atoms with Gasteiger partial charge < -0.3 is 9.47 Å². The predicted octanol–water partition coefficient (Wildman–Crippen LogP) is 5.99. The molecule has 0 aliphatic heterocycles. The summed E-state index contributed by atoms with van der Waals surface area (Å²) in [5.41, 5.74) is 0.633. The second kappa shape index (κ2) is 11.9. The summed E-state index contributed by atoms with van der Waals surface area (Å²) in [6, 6.07) is 8.64. The van der Waals surface area contributed by atoms with Crippen molar-refractivity contribution in [2.75, 3.05) is 6.61 Å². The van der Waals surface area contributed by atoms with Crippen molar-refractivity contribution in [1.29, 1.82) is 0 Å². The lowest BCUT2D eigenvalue weighted by Crippen LogP contribution is -2.41. The number of rotatable bonds is 12. The Hall–Kier alpha value is -1.56. The Kier molecular flexibility index (Phi) is 10.3. The zero-order valence-electron chi connectivity index (χ0n) is 15.6. The molecule has 0 spiro atoms. The highest BCUT2D eigenvalue weighted by molar-refractivity contribution is 5.76. The topological polar surface area (TPSA) is 35.5 Å². The van der Waals surface area contributed by atoms with Gasteiger partial charge in [0.2, 0.25) is 0 Å². The van der Waals surface area contributed by atoms with E-state index in [-0.39, 0.29) is 6.61 Å². The van der Waals surface area contributed by atoms with Crippen LogP contribution in [0.25, 0.3) is 0 Å². The number of benzene rings is 1. The predicted molar refractivity (Wildman–Crippen MR) is 94.7 cm³/mol. The maximum Gasteiger partial charge on any atom is 0.425 e. The SMILES string of the molecule is CCCCCCCCCOC(C(=O)OC(C)c1ccccc1)C(F)(F)F. The first-order valence-corrected chi connectivity index (χ1v) is 9.30. The van der Waals surface area contributed by atoms with Gasteiger partial charge in [-0.05, 0) is 18.9 Å². The molecule has 1 aromatic rings. The summed E-state index contributed by atoms with van der Waals surface area (Å²) in [4.78, 5) is 11.9. The van der Waals surface area contributed by atoms with Crippen LogP contribution >= 0.6 is 0 Å². The van der Waals surface area contributed by atoms with Crippen LogP contribution in [0.5, 0.6) is 0 Å². The molecule has 0 amide bonds. The summed E-state index contributed by atoms with van der Waals surface area (Å²) < 4.78 is 49.1. The molecular formula is C20H29F3O3. The molecule has 2 unspecified atom stereocenters. The van der Waals surface area contributed by atoms with Gasteiger partial charge in [0, 0.05) is 6.61 Å². The van der Waals surface area contributed by atoms with Gasteiger partial charge in [0.1, 0.15) is 6.10 Å². The second-order valence-electron chi connectivity index (χ2n) is 6.40. The molecule has 3 nitrogen and oxygen atoms in total. The number of carbonyl (C=O) groups excluding carboxylic acids is 1. The largest absolute Gasteiger partial charge is 0.456 e. The van der Waals surface area contributed by atoms with Crippen molar-refractivity contribution in [1.82, 2.24) is 0 Å². The molecule has 148 valence electrons. The van der Waals surface area contributed by atoms with Gasteiger partial charge in [-0.25, -0.2) is 4.79 Å². The minimum Gasteiger partial charge on any atom is -0.456 e. The number of unbranched alkanes of at least 4 members (excludes halogenated alkanes) is 6. The molecule has 0 fully saturated rings. The third-order valence-electron chi connectivity index (χ3n) is 4.11. The number of halogens is 3. The fourth-order valence-corrected chi connectivity index (χ4v) is 2.58. The van der Waals surface area contributed by atoms with Crippen molar-refractivity contribution in [3.63, 3.8) is 0 Å². The van der Waals surface area contributed by atoms with Gasteiger partial charge in [-0.2, -0.15) is 13.2 Å². The summed E-state index contributed by atoms with van der Waals surface area (Å²) in [5.74, 6) is -1.39. The van der Waals surface area contributed by atoms with Gasteiger partial charge in [-0.15, -0.1) is 0 Å². The molecule has 0 heterocycles. The molecular weight excluding hydrogens is 345 g/mol. The highest BCUT2D eigenvalue weighted by Gasteiger charge is 2.47. The average molecular weight is 374 g/mol. The Labute approximate surface area is 153 Å². The first-order chi connectivity index (χ1) is 12.4. The normalized spacial score (nSPS) is 14.0. The third kappa shape index (κ3) is 8.70. The monoisotopic (exact) mass is 374 g/mol. The molecule has 1 aromatic carbocycles. The minimum atomic E-state index is -4.78. The van der Waals surface area contributed by atoms with Crippen LogP contribution in [0.4, 0.5) is 13.2 Å². The molecule has 0 aliphatic rings. The van der Waals surface area contributed by atoms with Crippen LogP contribution in [0.2, 0.25) is 0 Å². The molecule has 0 N–H and O–H groups in total. The number of esters is 1. The van der Waals surface area contributed by atoms with Crippen molar-refractivity contribution >= 4 is 5.97 Å². The zero-order chi connectivity index (χ0) is 19.4. The number of ether oxygens (including phenoxy) is 2. The fraction of sp³-hybridized carbons (Fsp3) is 0.650. The molecule has 0 aliphatic carbocycles. The maximum absolute atomic E-state index is 13.1. The lowest BCUT2D eigenvalue weighted by molar-refractivity contribution is -0.232.